The van der Waals surface area contributed by atoms with Crippen molar-refractivity contribution in [2.75, 3.05) is 29.7 Å². The van der Waals surface area contributed by atoms with Crippen molar-refractivity contribution in [3.05, 3.63) is 60.4 Å². The number of fused-ring (bicyclic) bond motifs is 2. The molecule has 0 bridgehead atoms. The molecular weight excluding hydrogens is 414 g/mol. The van der Waals surface area contributed by atoms with E-state index < -0.39 is 0 Å². The number of pyridine rings is 2. The lowest BCUT2D eigenvalue weighted by molar-refractivity contribution is -0.124. The van der Waals surface area contributed by atoms with Crippen molar-refractivity contribution in [2.45, 2.75) is 38.3 Å². The van der Waals surface area contributed by atoms with Gasteiger partial charge in [0, 0.05) is 38.0 Å². The van der Waals surface area contributed by atoms with E-state index in [1.165, 1.54) is 0 Å². The summed E-state index contributed by atoms with van der Waals surface area (Å²) < 4.78 is 5.52. The summed E-state index contributed by atoms with van der Waals surface area (Å²) in [5, 5.41) is 6.55. The predicted octanol–water partition coefficient (Wildman–Crippen LogP) is 4.98. The van der Waals surface area contributed by atoms with Crippen molar-refractivity contribution in [3.63, 3.8) is 0 Å². The van der Waals surface area contributed by atoms with Crippen molar-refractivity contribution in [2.24, 2.45) is 5.92 Å². The summed E-state index contributed by atoms with van der Waals surface area (Å²) >= 11 is 0. The molecule has 0 spiro atoms. The molecule has 0 radical (unpaired) electrons. The fourth-order valence-corrected chi connectivity index (χ4v) is 4.81. The van der Waals surface area contributed by atoms with E-state index in [4.69, 9.17) is 4.74 Å². The Morgan fingerprint density at radius 2 is 1.88 bits per heavy atom. The fourth-order valence-electron chi connectivity index (χ4n) is 4.81. The highest BCUT2D eigenvalue weighted by molar-refractivity contribution is 6.00. The van der Waals surface area contributed by atoms with Crippen LogP contribution in [0.15, 0.2) is 54.9 Å². The van der Waals surface area contributed by atoms with Gasteiger partial charge < -0.3 is 20.3 Å². The molecule has 2 aliphatic rings. The average molecular weight is 444 g/mol. The van der Waals surface area contributed by atoms with Crippen LogP contribution in [0.5, 0.6) is 0 Å². The van der Waals surface area contributed by atoms with Crippen molar-refractivity contribution in [1.82, 2.24) is 9.97 Å². The predicted molar refractivity (Wildman–Crippen MR) is 131 cm³/mol. The number of aromatic nitrogens is 2. The second-order valence-corrected chi connectivity index (χ2v) is 8.68. The van der Waals surface area contributed by atoms with Gasteiger partial charge in [-0.05, 0) is 67.1 Å². The third-order valence-corrected chi connectivity index (χ3v) is 6.73. The van der Waals surface area contributed by atoms with Crippen molar-refractivity contribution < 1.29 is 9.53 Å². The highest BCUT2D eigenvalue weighted by atomic mass is 16.5. The van der Waals surface area contributed by atoms with Gasteiger partial charge in [-0.2, -0.15) is 0 Å². The number of hydrogen-bond acceptors (Lipinski definition) is 6. The van der Waals surface area contributed by atoms with Gasteiger partial charge in [-0.25, -0.2) is 9.97 Å². The number of ether oxygens (including phenoxy) is 1. The summed E-state index contributed by atoms with van der Waals surface area (Å²) in [5.74, 6) is 1.78. The monoisotopic (exact) mass is 443 g/mol. The average Bonchev–Trinajstić information content (AvgIpc) is 3.04. The molecule has 1 saturated carbocycles. The van der Waals surface area contributed by atoms with E-state index >= 15 is 0 Å². The van der Waals surface area contributed by atoms with E-state index in [1.54, 1.807) is 19.5 Å². The highest BCUT2D eigenvalue weighted by Crippen LogP contribution is 2.40. The minimum Gasteiger partial charge on any atom is -0.381 e. The molecule has 0 atom stereocenters. The maximum atomic E-state index is 13.8. The second kappa shape index (κ2) is 9.19. The van der Waals surface area contributed by atoms with E-state index in [0.717, 1.165) is 65.4 Å². The molecule has 1 aliphatic carbocycles. The number of nitrogens with one attached hydrogen (secondary N) is 2. The van der Waals surface area contributed by atoms with E-state index in [2.05, 4.69) is 32.7 Å². The summed E-state index contributed by atoms with van der Waals surface area (Å²) in [6, 6.07) is 14.2. The Morgan fingerprint density at radius 3 is 2.67 bits per heavy atom. The van der Waals surface area contributed by atoms with Crippen molar-refractivity contribution >= 4 is 28.9 Å². The SMILES string of the molecule is CNc1cc(-c2ccc3c(c2)N(C(=O)C2CCC(OC)CC2)Cc2cccnc2N3)ccn1. The van der Waals surface area contributed by atoms with Crippen LogP contribution in [0.25, 0.3) is 11.1 Å². The van der Waals surface area contributed by atoms with Crippen LogP contribution < -0.4 is 15.5 Å². The molecule has 2 N–H and O–H groups in total. The fraction of sp³-hybridized carbons (Fsp3) is 0.346. The van der Waals surface area contributed by atoms with Gasteiger partial charge in [-0.15, -0.1) is 0 Å². The third kappa shape index (κ3) is 4.28. The number of amides is 1. The first-order valence-corrected chi connectivity index (χ1v) is 11.5. The topological polar surface area (TPSA) is 79.4 Å². The number of benzene rings is 1. The molecule has 33 heavy (non-hydrogen) atoms. The van der Waals surface area contributed by atoms with Gasteiger partial charge in [0.2, 0.25) is 5.91 Å². The zero-order valence-corrected chi connectivity index (χ0v) is 19.0. The van der Waals surface area contributed by atoms with Crippen molar-refractivity contribution in [1.29, 1.82) is 0 Å². The van der Waals surface area contributed by atoms with Crippen molar-refractivity contribution in [3.8, 4) is 11.1 Å². The molecule has 7 heteroatoms. The molecule has 5 rings (SSSR count). The zero-order chi connectivity index (χ0) is 22.8. The molecular formula is C26H29N5O2. The van der Waals surface area contributed by atoms with E-state index in [-0.39, 0.29) is 17.9 Å². The summed E-state index contributed by atoms with van der Waals surface area (Å²) in [4.78, 5) is 24.6. The maximum absolute atomic E-state index is 13.8. The van der Waals surface area contributed by atoms with Crippen LogP contribution in [-0.4, -0.2) is 36.1 Å². The molecule has 1 fully saturated rings. The molecule has 170 valence electrons. The lowest BCUT2D eigenvalue weighted by Crippen LogP contribution is -2.38. The van der Waals surface area contributed by atoms with Crippen LogP contribution >= 0.6 is 0 Å². The van der Waals surface area contributed by atoms with Gasteiger partial charge in [-0.3, -0.25) is 4.79 Å². The summed E-state index contributed by atoms with van der Waals surface area (Å²) in [6.07, 6.45) is 7.39. The summed E-state index contributed by atoms with van der Waals surface area (Å²) in [5.41, 5.74) is 4.86. The number of rotatable bonds is 4. The van der Waals surface area contributed by atoms with Crippen LogP contribution in [0.3, 0.4) is 0 Å². The lowest BCUT2D eigenvalue weighted by atomic mass is 9.86. The summed E-state index contributed by atoms with van der Waals surface area (Å²) in [7, 11) is 3.61. The normalized spacial score (nSPS) is 19.6. The van der Waals surface area contributed by atoms with Crippen LogP contribution in [-0.2, 0) is 16.1 Å². The minimum atomic E-state index is 0.00273. The largest absolute Gasteiger partial charge is 0.381 e. The first-order chi connectivity index (χ1) is 16.2. The Labute approximate surface area is 194 Å². The van der Waals surface area contributed by atoms with Gasteiger partial charge in [0.15, 0.2) is 0 Å². The molecule has 1 amide bonds. The Morgan fingerprint density at radius 1 is 1.06 bits per heavy atom. The van der Waals surface area contributed by atoms with Gasteiger partial charge in [-0.1, -0.05) is 12.1 Å². The molecule has 3 aromatic rings. The molecule has 1 aliphatic heterocycles. The van der Waals surface area contributed by atoms with Gasteiger partial charge in [0.1, 0.15) is 11.6 Å². The molecule has 2 aromatic heterocycles. The zero-order valence-electron chi connectivity index (χ0n) is 19.0. The van der Waals surface area contributed by atoms with Crippen LogP contribution in [0.4, 0.5) is 23.0 Å². The lowest BCUT2D eigenvalue weighted by Gasteiger charge is -2.32. The van der Waals surface area contributed by atoms with E-state index in [1.807, 2.05) is 42.3 Å². The molecule has 1 aromatic carbocycles. The second-order valence-electron chi connectivity index (χ2n) is 8.68. The molecule has 0 unspecified atom stereocenters. The van der Waals surface area contributed by atoms with Gasteiger partial charge >= 0.3 is 0 Å². The van der Waals surface area contributed by atoms with Crippen LogP contribution in [0.2, 0.25) is 0 Å². The molecule has 0 saturated heterocycles. The third-order valence-electron chi connectivity index (χ3n) is 6.73. The number of carbonyl (C=O) groups is 1. The Hall–Kier alpha value is -3.45. The minimum absolute atomic E-state index is 0.00273. The smallest absolute Gasteiger partial charge is 0.230 e. The maximum Gasteiger partial charge on any atom is 0.230 e. The summed E-state index contributed by atoms with van der Waals surface area (Å²) in [6.45, 7) is 0.494. The van der Waals surface area contributed by atoms with Crippen LogP contribution in [0, 0.1) is 5.92 Å². The Kier molecular flexibility index (Phi) is 5.96. The number of hydrogen-bond donors (Lipinski definition) is 2. The highest BCUT2D eigenvalue weighted by Gasteiger charge is 2.33. The van der Waals surface area contributed by atoms with E-state index in [9.17, 15) is 4.79 Å². The quantitative estimate of drug-likeness (QED) is 0.592. The van der Waals surface area contributed by atoms with Crippen LogP contribution in [0.1, 0.15) is 31.2 Å². The standard InChI is InChI=1S/C26H29N5O2/c1-27-24-15-19(11-13-28-24)18-7-10-22-23(14-18)31(16-20-4-3-12-29-25(20)30-22)26(32)17-5-8-21(33-2)9-6-17/h3-4,7,10-15,17,21H,5-6,8-9,16H2,1-2H3,(H,27,28)(H,29,30). The van der Waals surface area contributed by atoms with E-state index in [0.29, 0.717) is 6.54 Å². The Balaban J connectivity index is 1.54. The molecule has 3 heterocycles. The first-order valence-electron chi connectivity index (χ1n) is 11.5. The number of nitrogens with zero attached hydrogens (tertiary/aromatic N) is 3. The molecule has 7 nitrogen and oxygen atoms in total. The first kappa shape index (κ1) is 21.4. The number of methoxy groups -OCH3 is 1. The number of carbonyl (C=O) groups excluding carboxylic acids is 1. The van der Waals surface area contributed by atoms with Gasteiger partial charge in [0.05, 0.1) is 24.0 Å². The number of anilines is 4. The Bertz CT molecular complexity index is 1160. The van der Waals surface area contributed by atoms with Gasteiger partial charge in [0.25, 0.3) is 0 Å².